The van der Waals surface area contributed by atoms with Gasteiger partial charge in [0.25, 0.3) is 0 Å². The van der Waals surface area contributed by atoms with E-state index in [1.165, 1.54) is 0 Å². The van der Waals surface area contributed by atoms with Crippen LogP contribution in [0.2, 0.25) is 0 Å². The largest absolute Gasteiger partial charge is 0.444 e. The third-order valence-electron chi connectivity index (χ3n) is 2.71. The zero-order chi connectivity index (χ0) is 13.9. The standard InChI is InChI=1S/C13H24N2O3/c1-9(2)11(16)14-10-6-7-15(8-10)12(17)18-13(3,4)5/h9-10H,6-8H2,1-5H3,(H,14,16). The molecule has 0 aromatic heterocycles. The van der Waals surface area contributed by atoms with E-state index in [2.05, 4.69) is 5.32 Å². The zero-order valence-corrected chi connectivity index (χ0v) is 11.9. The van der Waals surface area contributed by atoms with Crippen molar-refractivity contribution >= 4 is 12.0 Å². The van der Waals surface area contributed by atoms with E-state index in [1.807, 2.05) is 34.6 Å². The summed E-state index contributed by atoms with van der Waals surface area (Å²) >= 11 is 0. The van der Waals surface area contributed by atoms with Crippen LogP contribution in [-0.4, -0.2) is 41.6 Å². The van der Waals surface area contributed by atoms with E-state index >= 15 is 0 Å². The van der Waals surface area contributed by atoms with Crippen LogP contribution in [0.4, 0.5) is 4.79 Å². The fraction of sp³-hybridized carbons (Fsp3) is 0.846. The fourth-order valence-electron chi connectivity index (χ4n) is 1.74. The van der Waals surface area contributed by atoms with Gasteiger partial charge in [0.1, 0.15) is 5.60 Å². The number of ether oxygens (including phenoxy) is 1. The average Bonchev–Trinajstić information content (AvgIpc) is 2.63. The summed E-state index contributed by atoms with van der Waals surface area (Å²) in [6, 6.07) is 0.0485. The maximum atomic E-state index is 11.8. The molecule has 1 aliphatic heterocycles. The Morgan fingerprint density at radius 2 is 1.94 bits per heavy atom. The van der Waals surface area contributed by atoms with Crippen molar-refractivity contribution in [3.8, 4) is 0 Å². The van der Waals surface area contributed by atoms with Gasteiger partial charge in [-0.2, -0.15) is 0 Å². The number of hydrogen-bond acceptors (Lipinski definition) is 3. The molecule has 1 atom stereocenters. The summed E-state index contributed by atoms with van der Waals surface area (Å²) in [6.45, 7) is 10.4. The number of carbonyl (C=O) groups is 2. The van der Waals surface area contributed by atoms with Crippen LogP contribution in [-0.2, 0) is 9.53 Å². The molecule has 0 aliphatic carbocycles. The maximum absolute atomic E-state index is 11.8. The van der Waals surface area contributed by atoms with Gasteiger partial charge in [-0.1, -0.05) is 13.8 Å². The lowest BCUT2D eigenvalue weighted by atomic mass is 10.2. The van der Waals surface area contributed by atoms with Crippen molar-refractivity contribution in [2.45, 2.75) is 52.7 Å². The van der Waals surface area contributed by atoms with Gasteiger partial charge in [-0.05, 0) is 27.2 Å². The number of hydrogen-bond donors (Lipinski definition) is 1. The molecule has 0 radical (unpaired) electrons. The molecule has 0 aromatic carbocycles. The average molecular weight is 256 g/mol. The first-order chi connectivity index (χ1) is 8.19. The van der Waals surface area contributed by atoms with Crippen LogP contribution in [0.3, 0.4) is 0 Å². The Morgan fingerprint density at radius 3 is 2.44 bits per heavy atom. The number of nitrogens with zero attached hydrogens (tertiary/aromatic N) is 1. The van der Waals surface area contributed by atoms with Crippen molar-refractivity contribution in [3.63, 3.8) is 0 Å². The highest BCUT2D eigenvalue weighted by atomic mass is 16.6. The summed E-state index contributed by atoms with van der Waals surface area (Å²) < 4.78 is 5.30. The minimum absolute atomic E-state index is 0.0272. The van der Waals surface area contributed by atoms with Crippen molar-refractivity contribution in [2.75, 3.05) is 13.1 Å². The monoisotopic (exact) mass is 256 g/mol. The van der Waals surface area contributed by atoms with E-state index in [4.69, 9.17) is 4.74 Å². The Morgan fingerprint density at radius 1 is 1.33 bits per heavy atom. The zero-order valence-electron chi connectivity index (χ0n) is 11.9. The number of rotatable bonds is 2. The lowest BCUT2D eigenvalue weighted by Crippen LogP contribution is -2.41. The Balaban J connectivity index is 2.42. The van der Waals surface area contributed by atoms with E-state index < -0.39 is 5.60 Å². The van der Waals surface area contributed by atoms with Crippen LogP contribution in [0, 0.1) is 5.92 Å². The fourth-order valence-corrected chi connectivity index (χ4v) is 1.74. The van der Waals surface area contributed by atoms with Crippen LogP contribution >= 0.6 is 0 Å². The summed E-state index contributed by atoms with van der Waals surface area (Å²) in [7, 11) is 0. The van der Waals surface area contributed by atoms with Gasteiger partial charge in [-0.15, -0.1) is 0 Å². The molecule has 1 heterocycles. The third kappa shape index (κ3) is 4.55. The van der Waals surface area contributed by atoms with Gasteiger partial charge in [0.05, 0.1) is 0 Å². The Hall–Kier alpha value is -1.26. The van der Waals surface area contributed by atoms with Crippen LogP contribution in [0.25, 0.3) is 0 Å². The lowest BCUT2D eigenvalue weighted by Gasteiger charge is -2.24. The molecule has 104 valence electrons. The van der Waals surface area contributed by atoms with E-state index in [0.29, 0.717) is 13.1 Å². The van der Waals surface area contributed by atoms with E-state index in [1.54, 1.807) is 4.90 Å². The molecule has 5 heteroatoms. The summed E-state index contributed by atoms with van der Waals surface area (Å²) in [5, 5.41) is 2.94. The summed E-state index contributed by atoms with van der Waals surface area (Å²) in [5.41, 5.74) is -0.476. The Kier molecular flexibility index (Phi) is 4.59. The van der Waals surface area contributed by atoms with Crippen molar-refractivity contribution in [3.05, 3.63) is 0 Å². The maximum Gasteiger partial charge on any atom is 0.410 e. The molecule has 18 heavy (non-hydrogen) atoms. The quantitative estimate of drug-likeness (QED) is 0.819. The first-order valence-corrected chi connectivity index (χ1v) is 6.47. The molecule has 1 N–H and O–H groups in total. The highest BCUT2D eigenvalue weighted by molar-refractivity contribution is 5.78. The minimum Gasteiger partial charge on any atom is -0.444 e. The molecular formula is C13H24N2O3. The SMILES string of the molecule is CC(C)C(=O)NC1CCN(C(=O)OC(C)(C)C)C1. The van der Waals surface area contributed by atoms with Gasteiger partial charge in [0, 0.05) is 25.0 Å². The summed E-state index contributed by atoms with van der Waals surface area (Å²) in [5.74, 6) is 0.00613. The molecule has 0 saturated carbocycles. The molecule has 1 aliphatic rings. The number of likely N-dealkylation sites (tertiary alicyclic amines) is 1. The molecule has 1 fully saturated rings. The Labute approximate surface area is 109 Å². The van der Waals surface area contributed by atoms with Crippen molar-refractivity contribution in [2.24, 2.45) is 5.92 Å². The molecule has 0 spiro atoms. The molecule has 0 bridgehead atoms. The van der Waals surface area contributed by atoms with Crippen LogP contribution in [0.5, 0.6) is 0 Å². The molecule has 1 saturated heterocycles. The van der Waals surface area contributed by atoms with Crippen molar-refractivity contribution < 1.29 is 14.3 Å². The van der Waals surface area contributed by atoms with E-state index in [0.717, 1.165) is 6.42 Å². The van der Waals surface area contributed by atoms with Crippen LogP contribution in [0.1, 0.15) is 41.0 Å². The predicted octanol–water partition coefficient (Wildman–Crippen LogP) is 1.77. The van der Waals surface area contributed by atoms with Crippen LogP contribution < -0.4 is 5.32 Å². The van der Waals surface area contributed by atoms with Gasteiger partial charge in [0.2, 0.25) is 5.91 Å². The highest BCUT2D eigenvalue weighted by Gasteiger charge is 2.30. The van der Waals surface area contributed by atoms with Crippen molar-refractivity contribution in [1.82, 2.24) is 10.2 Å². The molecule has 0 aromatic rings. The van der Waals surface area contributed by atoms with Gasteiger partial charge in [-0.25, -0.2) is 4.79 Å². The molecule has 1 rings (SSSR count). The topological polar surface area (TPSA) is 58.6 Å². The van der Waals surface area contributed by atoms with Crippen molar-refractivity contribution in [1.29, 1.82) is 0 Å². The predicted molar refractivity (Wildman–Crippen MR) is 69.2 cm³/mol. The number of nitrogens with one attached hydrogen (secondary N) is 1. The summed E-state index contributed by atoms with van der Waals surface area (Å²) in [6.07, 6.45) is 0.487. The number of amides is 2. The second-order valence-corrected chi connectivity index (χ2v) is 6.08. The van der Waals surface area contributed by atoms with Gasteiger partial charge in [-0.3, -0.25) is 4.79 Å². The van der Waals surface area contributed by atoms with Gasteiger partial charge < -0.3 is 15.0 Å². The third-order valence-corrected chi connectivity index (χ3v) is 2.71. The normalized spacial score (nSPS) is 20.1. The van der Waals surface area contributed by atoms with E-state index in [9.17, 15) is 9.59 Å². The first-order valence-electron chi connectivity index (χ1n) is 6.47. The summed E-state index contributed by atoms with van der Waals surface area (Å²) in [4.78, 5) is 25.0. The second-order valence-electron chi connectivity index (χ2n) is 6.08. The van der Waals surface area contributed by atoms with Gasteiger partial charge in [0.15, 0.2) is 0 Å². The lowest BCUT2D eigenvalue weighted by molar-refractivity contribution is -0.124. The molecule has 2 amide bonds. The van der Waals surface area contributed by atoms with Gasteiger partial charge >= 0.3 is 6.09 Å². The second kappa shape index (κ2) is 5.59. The molecule has 5 nitrogen and oxygen atoms in total. The van der Waals surface area contributed by atoms with Crippen LogP contribution in [0.15, 0.2) is 0 Å². The Bertz CT molecular complexity index is 321. The number of carbonyl (C=O) groups excluding carboxylic acids is 2. The first kappa shape index (κ1) is 14.8. The molecule has 1 unspecified atom stereocenters. The highest BCUT2D eigenvalue weighted by Crippen LogP contribution is 2.15. The smallest absolute Gasteiger partial charge is 0.410 e. The molecular weight excluding hydrogens is 232 g/mol. The van der Waals surface area contributed by atoms with E-state index in [-0.39, 0.29) is 24.0 Å². The minimum atomic E-state index is -0.476.